The van der Waals surface area contributed by atoms with Crippen LogP contribution in [0.1, 0.15) is 39.0 Å². The number of hydrogen-bond acceptors (Lipinski definition) is 4. The minimum atomic E-state index is -4.57. The minimum absolute atomic E-state index is 0. The molecule has 78 valence electrons. The molecule has 0 aliphatic heterocycles. The molecule has 2 unspecified atom stereocenters. The van der Waals surface area contributed by atoms with Crippen LogP contribution in [0.15, 0.2) is 0 Å². The molecule has 0 bridgehead atoms. The third kappa shape index (κ3) is 3.47. The molecular formula is C8H15NaO4S. The van der Waals surface area contributed by atoms with E-state index < -0.39 is 15.1 Å². The van der Waals surface area contributed by atoms with Crippen molar-refractivity contribution >= 4 is 10.1 Å². The molecule has 1 rings (SSSR count). The van der Waals surface area contributed by atoms with Crippen LogP contribution in [0.25, 0.3) is 0 Å². The van der Waals surface area contributed by atoms with Crippen molar-refractivity contribution < 1.29 is 47.6 Å². The number of rotatable bonds is 1. The Morgan fingerprint density at radius 3 is 2.43 bits per heavy atom. The molecule has 0 aromatic rings. The monoisotopic (exact) mass is 230 g/mol. The van der Waals surface area contributed by atoms with Gasteiger partial charge in [0.15, 0.2) is 4.93 Å². The maximum atomic E-state index is 10.8. The molecule has 1 fully saturated rings. The van der Waals surface area contributed by atoms with E-state index in [1.807, 2.05) is 6.92 Å². The summed E-state index contributed by atoms with van der Waals surface area (Å²) in [5, 5.41) is 9.61. The maximum absolute atomic E-state index is 10.8. The van der Waals surface area contributed by atoms with Gasteiger partial charge in [0.2, 0.25) is 0 Å². The molecule has 4 nitrogen and oxygen atoms in total. The van der Waals surface area contributed by atoms with Crippen LogP contribution < -0.4 is 29.6 Å². The molecule has 0 amide bonds. The van der Waals surface area contributed by atoms with E-state index in [0.29, 0.717) is 18.8 Å². The zero-order chi connectivity index (χ0) is 10.1. The summed E-state index contributed by atoms with van der Waals surface area (Å²) in [6.45, 7) is 2.00. The summed E-state index contributed by atoms with van der Waals surface area (Å²) >= 11 is 0. The second-order valence-corrected chi connectivity index (χ2v) is 5.60. The van der Waals surface area contributed by atoms with E-state index in [0.717, 1.165) is 6.42 Å². The second-order valence-electron chi connectivity index (χ2n) is 3.94. The van der Waals surface area contributed by atoms with Crippen molar-refractivity contribution in [1.82, 2.24) is 0 Å². The fourth-order valence-corrected chi connectivity index (χ4v) is 2.48. The summed E-state index contributed by atoms with van der Waals surface area (Å²) in [6, 6.07) is 0. The molecule has 0 radical (unpaired) electrons. The molecule has 1 saturated carbocycles. The van der Waals surface area contributed by atoms with Gasteiger partial charge in [-0.25, -0.2) is 8.42 Å². The molecule has 6 heteroatoms. The van der Waals surface area contributed by atoms with Crippen molar-refractivity contribution in [3.05, 3.63) is 0 Å². The van der Waals surface area contributed by atoms with Crippen LogP contribution >= 0.6 is 0 Å². The van der Waals surface area contributed by atoms with Crippen LogP contribution in [0.5, 0.6) is 0 Å². The van der Waals surface area contributed by atoms with E-state index in [4.69, 9.17) is 0 Å². The van der Waals surface area contributed by atoms with Crippen LogP contribution in [0.2, 0.25) is 0 Å². The van der Waals surface area contributed by atoms with Gasteiger partial charge in [-0.3, -0.25) is 0 Å². The van der Waals surface area contributed by atoms with E-state index >= 15 is 0 Å². The Bertz CT molecular complexity index is 277. The van der Waals surface area contributed by atoms with Crippen LogP contribution in [-0.2, 0) is 10.1 Å². The summed E-state index contributed by atoms with van der Waals surface area (Å²) in [4.78, 5) is -2.00. The summed E-state index contributed by atoms with van der Waals surface area (Å²) in [5.41, 5.74) is 0. The molecule has 0 heterocycles. The first-order valence-corrected chi connectivity index (χ1v) is 5.94. The molecule has 0 aromatic heterocycles. The average molecular weight is 230 g/mol. The fourth-order valence-electron chi connectivity index (χ4n) is 1.72. The van der Waals surface area contributed by atoms with E-state index in [2.05, 4.69) is 0 Å². The average Bonchev–Trinajstić information content (AvgIpc) is 2.13. The standard InChI is InChI=1S/C8H16O4S.Na/c1-7-3-2-5-8(9,6-4-7)13(10,11)12;/h7,9H,2-6H2,1H3,(H,10,11,12);/q;+1/p-1. The van der Waals surface area contributed by atoms with Crippen molar-refractivity contribution in [1.29, 1.82) is 0 Å². The topological polar surface area (TPSA) is 77.4 Å². The van der Waals surface area contributed by atoms with Crippen molar-refractivity contribution in [2.45, 2.75) is 44.0 Å². The van der Waals surface area contributed by atoms with Gasteiger partial charge in [0, 0.05) is 0 Å². The molecule has 2 atom stereocenters. The summed E-state index contributed by atoms with van der Waals surface area (Å²) in [6.07, 6.45) is 2.28. The van der Waals surface area contributed by atoms with Crippen molar-refractivity contribution in [3.8, 4) is 0 Å². The van der Waals surface area contributed by atoms with Gasteiger partial charge in [0.25, 0.3) is 0 Å². The van der Waals surface area contributed by atoms with E-state index in [-0.39, 0.29) is 42.4 Å². The molecule has 1 aliphatic rings. The second kappa shape index (κ2) is 5.27. The van der Waals surface area contributed by atoms with Gasteiger partial charge in [0.05, 0.1) is 0 Å². The largest absolute Gasteiger partial charge is 1.00 e. The van der Waals surface area contributed by atoms with Crippen molar-refractivity contribution in [2.24, 2.45) is 5.92 Å². The first-order chi connectivity index (χ1) is 5.85. The Labute approximate surface area is 107 Å². The third-order valence-corrected chi connectivity index (χ3v) is 4.10. The Hall–Kier alpha value is 0.870. The molecule has 14 heavy (non-hydrogen) atoms. The van der Waals surface area contributed by atoms with E-state index in [1.54, 1.807) is 0 Å². The van der Waals surface area contributed by atoms with Crippen molar-refractivity contribution in [2.75, 3.05) is 0 Å². The molecular weight excluding hydrogens is 215 g/mol. The molecule has 0 spiro atoms. The van der Waals surface area contributed by atoms with Gasteiger partial charge >= 0.3 is 29.6 Å². The van der Waals surface area contributed by atoms with Crippen LogP contribution in [0, 0.1) is 5.92 Å². The smallest absolute Gasteiger partial charge is 0.746 e. The predicted molar refractivity (Wildman–Crippen MR) is 46.9 cm³/mol. The Morgan fingerprint density at radius 2 is 1.93 bits per heavy atom. The molecule has 0 aromatic carbocycles. The normalized spacial score (nSPS) is 34.4. The van der Waals surface area contributed by atoms with Gasteiger partial charge in [-0.05, 0) is 31.6 Å². The Balaban J connectivity index is 0.00000169. The van der Waals surface area contributed by atoms with Gasteiger partial charge in [-0.1, -0.05) is 13.3 Å². The van der Waals surface area contributed by atoms with E-state index in [9.17, 15) is 18.1 Å². The SMILES string of the molecule is CC1CCCC(O)(S(=O)(=O)[O-])CC1.[Na+]. The first-order valence-electron chi connectivity index (χ1n) is 4.53. The van der Waals surface area contributed by atoms with Gasteiger partial charge in [0.1, 0.15) is 10.1 Å². The molecule has 1 N–H and O–H groups in total. The van der Waals surface area contributed by atoms with E-state index in [1.165, 1.54) is 0 Å². The zero-order valence-electron chi connectivity index (χ0n) is 8.69. The van der Waals surface area contributed by atoms with Gasteiger partial charge in [-0.2, -0.15) is 0 Å². The summed E-state index contributed by atoms with van der Waals surface area (Å²) < 4.78 is 32.3. The quantitative estimate of drug-likeness (QED) is 0.316. The zero-order valence-corrected chi connectivity index (χ0v) is 11.5. The van der Waals surface area contributed by atoms with Crippen LogP contribution in [0.3, 0.4) is 0 Å². The Kier molecular flexibility index (Phi) is 5.60. The summed E-state index contributed by atoms with van der Waals surface area (Å²) in [7, 11) is -4.57. The summed E-state index contributed by atoms with van der Waals surface area (Å²) in [5.74, 6) is 0.399. The van der Waals surface area contributed by atoms with Gasteiger partial charge < -0.3 is 9.66 Å². The molecule has 0 saturated heterocycles. The predicted octanol–water partition coefficient (Wildman–Crippen LogP) is -2.18. The van der Waals surface area contributed by atoms with Crippen LogP contribution in [-0.4, -0.2) is 23.0 Å². The Morgan fingerprint density at radius 1 is 1.36 bits per heavy atom. The third-order valence-electron chi connectivity index (χ3n) is 2.76. The minimum Gasteiger partial charge on any atom is -0.746 e. The first kappa shape index (κ1) is 14.9. The molecule has 1 aliphatic carbocycles. The number of hydrogen-bond donors (Lipinski definition) is 1. The fraction of sp³-hybridized carbons (Fsp3) is 1.00. The number of aliphatic hydroxyl groups is 1. The van der Waals surface area contributed by atoms with Gasteiger partial charge in [-0.15, -0.1) is 0 Å². The maximum Gasteiger partial charge on any atom is 1.00 e. The van der Waals surface area contributed by atoms with Crippen LogP contribution in [0.4, 0.5) is 0 Å². The van der Waals surface area contributed by atoms with Crippen molar-refractivity contribution in [3.63, 3.8) is 0 Å².